The topological polar surface area (TPSA) is 41.6 Å². The quantitative estimate of drug-likeness (QED) is 0.743. The van der Waals surface area contributed by atoms with E-state index in [0.717, 1.165) is 29.2 Å². The van der Waals surface area contributed by atoms with Crippen LogP contribution in [0.3, 0.4) is 0 Å². The van der Waals surface area contributed by atoms with E-state index in [2.05, 4.69) is 11.9 Å². The number of carbonyl (C=O) groups is 1. The van der Waals surface area contributed by atoms with Gasteiger partial charge in [-0.05, 0) is 55.8 Å². The SMILES string of the molecule is C=C(C)COc1ccc(NC(=O)CN(CC)c2ccccc2)cc1. The van der Waals surface area contributed by atoms with Crippen molar-refractivity contribution in [2.45, 2.75) is 13.8 Å². The molecule has 0 aliphatic rings. The summed E-state index contributed by atoms with van der Waals surface area (Å²) in [6.45, 7) is 9.33. The number of anilines is 2. The number of hydrogen-bond acceptors (Lipinski definition) is 3. The van der Waals surface area contributed by atoms with Crippen LogP contribution in [0.4, 0.5) is 11.4 Å². The molecule has 0 saturated carbocycles. The van der Waals surface area contributed by atoms with Crippen LogP contribution < -0.4 is 15.0 Å². The minimum atomic E-state index is -0.0451. The van der Waals surface area contributed by atoms with Gasteiger partial charge in [0.2, 0.25) is 5.91 Å². The molecule has 2 aromatic rings. The van der Waals surface area contributed by atoms with Gasteiger partial charge in [0.1, 0.15) is 12.4 Å². The van der Waals surface area contributed by atoms with Crippen LogP contribution in [0.2, 0.25) is 0 Å². The normalized spacial score (nSPS) is 10.1. The number of amides is 1. The standard InChI is InChI=1S/C20H24N2O2/c1-4-22(18-8-6-5-7-9-18)14-20(23)21-17-10-12-19(13-11-17)24-15-16(2)3/h5-13H,2,4,14-15H2,1,3H3,(H,21,23). The summed E-state index contributed by atoms with van der Waals surface area (Å²) >= 11 is 0. The molecular formula is C20H24N2O2. The average molecular weight is 324 g/mol. The Morgan fingerprint density at radius 2 is 1.79 bits per heavy atom. The third-order valence-electron chi connectivity index (χ3n) is 3.46. The lowest BCUT2D eigenvalue weighted by molar-refractivity contribution is -0.115. The van der Waals surface area contributed by atoms with Crippen molar-refractivity contribution in [1.82, 2.24) is 0 Å². The summed E-state index contributed by atoms with van der Waals surface area (Å²) < 4.78 is 5.55. The van der Waals surface area contributed by atoms with Gasteiger partial charge in [-0.25, -0.2) is 0 Å². The highest BCUT2D eigenvalue weighted by Crippen LogP contribution is 2.17. The summed E-state index contributed by atoms with van der Waals surface area (Å²) in [6, 6.07) is 17.3. The number of rotatable bonds is 8. The Bertz CT molecular complexity index is 666. The van der Waals surface area contributed by atoms with Gasteiger partial charge in [-0.1, -0.05) is 24.8 Å². The highest BCUT2D eigenvalue weighted by molar-refractivity contribution is 5.94. The fraction of sp³-hybridized carbons (Fsp3) is 0.250. The fourth-order valence-corrected chi connectivity index (χ4v) is 2.24. The number of ether oxygens (including phenoxy) is 1. The maximum absolute atomic E-state index is 12.3. The molecule has 0 atom stereocenters. The highest BCUT2D eigenvalue weighted by Gasteiger charge is 2.10. The Hall–Kier alpha value is -2.75. The number of para-hydroxylation sites is 1. The van der Waals surface area contributed by atoms with Crippen LogP contribution >= 0.6 is 0 Å². The Morgan fingerprint density at radius 1 is 1.12 bits per heavy atom. The van der Waals surface area contributed by atoms with Crippen molar-refractivity contribution in [2.24, 2.45) is 0 Å². The third kappa shape index (κ3) is 5.47. The van der Waals surface area contributed by atoms with Crippen LogP contribution in [0.1, 0.15) is 13.8 Å². The van der Waals surface area contributed by atoms with E-state index in [9.17, 15) is 4.79 Å². The maximum atomic E-state index is 12.3. The van der Waals surface area contributed by atoms with E-state index < -0.39 is 0 Å². The van der Waals surface area contributed by atoms with Crippen molar-refractivity contribution in [3.63, 3.8) is 0 Å². The monoisotopic (exact) mass is 324 g/mol. The molecular weight excluding hydrogens is 300 g/mol. The molecule has 0 fully saturated rings. The van der Waals surface area contributed by atoms with Gasteiger partial charge in [0, 0.05) is 17.9 Å². The molecule has 0 bridgehead atoms. The molecule has 24 heavy (non-hydrogen) atoms. The Labute approximate surface area is 143 Å². The lowest BCUT2D eigenvalue weighted by Crippen LogP contribution is -2.33. The van der Waals surface area contributed by atoms with Crippen molar-refractivity contribution in [3.8, 4) is 5.75 Å². The Morgan fingerprint density at radius 3 is 2.38 bits per heavy atom. The minimum Gasteiger partial charge on any atom is -0.489 e. The highest BCUT2D eigenvalue weighted by atomic mass is 16.5. The van der Waals surface area contributed by atoms with Gasteiger partial charge in [0.15, 0.2) is 0 Å². The summed E-state index contributed by atoms with van der Waals surface area (Å²) in [5, 5.41) is 2.91. The van der Waals surface area contributed by atoms with Crippen LogP contribution in [0.5, 0.6) is 5.75 Å². The van der Waals surface area contributed by atoms with Crippen molar-refractivity contribution < 1.29 is 9.53 Å². The second kappa shape index (κ2) is 8.77. The number of benzene rings is 2. The van der Waals surface area contributed by atoms with E-state index >= 15 is 0 Å². The van der Waals surface area contributed by atoms with Crippen LogP contribution in [0, 0.1) is 0 Å². The van der Waals surface area contributed by atoms with Crippen LogP contribution in [0.25, 0.3) is 0 Å². The fourth-order valence-electron chi connectivity index (χ4n) is 2.24. The van der Waals surface area contributed by atoms with Gasteiger partial charge < -0.3 is 15.0 Å². The molecule has 2 rings (SSSR count). The summed E-state index contributed by atoms with van der Waals surface area (Å²) in [6.07, 6.45) is 0. The van der Waals surface area contributed by atoms with Gasteiger partial charge in [0.25, 0.3) is 0 Å². The lowest BCUT2D eigenvalue weighted by Gasteiger charge is -2.22. The molecule has 0 aliphatic heterocycles. The largest absolute Gasteiger partial charge is 0.489 e. The molecule has 0 saturated heterocycles. The third-order valence-corrected chi connectivity index (χ3v) is 3.46. The lowest BCUT2D eigenvalue weighted by atomic mass is 10.2. The predicted octanol–water partition coefficient (Wildman–Crippen LogP) is 4.11. The molecule has 0 unspecified atom stereocenters. The predicted molar refractivity (Wildman–Crippen MR) is 99.7 cm³/mol. The number of likely N-dealkylation sites (N-methyl/N-ethyl adjacent to an activating group) is 1. The maximum Gasteiger partial charge on any atom is 0.243 e. The Balaban J connectivity index is 1.90. The summed E-state index contributed by atoms with van der Waals surface area (Å²) in [5.74, 6) is 0.715. The molecule has 0 aromatic heterocycles. The number of nitrogens with one attached hydrogen (secondary N) is 1. The minimum absolute atomic E-state index is 0.0451. The zero-order valence-corrected chi connectivity index (χ0v) is 14.3. The van der Waals surface area contributed by atoms with Crippen molar-refractivity contribution >= 4 is 17.3 Å². The van der Waals surface area contributed by atoms with Crippen LogP contribution in [-0.2, 0) is 4.79 Å². The number of carbonyl (C=O) groups excluding carboxylic acids is 1. The van der Waals surface area contributed by atoms with E-state index in [4.69, 9.17) is 4.74 Å². The summed E-state index contributed by atoms with van der Waals surface area (Å²) in [4.78, 5) is 14.3. The van der Waals surface area contributed by atoms with Gasteiger partial charge in [-0.3, -0.25) is 4.79 Å². The van der Waals surface area contributed by atoms with Gasteiger partial charge in [-0.15, -0.1) is 0 Å². The molecule has 126 valence electrons. The van der Waals surface area contributed by atoms with Crippen molar-refractivity contribution in [2.75, 3.05) is 29.9 Å². The van der Waals surface area contributed by atoms with Crippen LogP contribution in [0.15, 0.2) is 66.7 Å². The second-order valence-electron chi connectivity index (χ2n) is 5.67. The summed E-state index contributed by atoms with van der Waals surface area (Å²) in [5.41, 5.74) is 2.76. The molecule has 0 aliphatic carbocycles. The van der Waals surface area contributed by atoms with E-state index in [1.54, 1.807) is 0 Å². The Kier molecular flexibility index (Phi) is 6.43. The zero-order chi connectivity index (χ0) is 17.4. The van der Waals surface area contributed by atoms with Crippen molar-refractivity contribution in [3.05, 3.63) is 66.7 Å². The average Bonchev–Trinajstić information content (AvgIpc) is 2.59. The van der Waals surface area contributed by atoms with E-state index in [1.165, 1.54) is 0 Å². The molecule has 2 aromatic carbocycles. The van der Waals surface area contributed by atoms with Crippen LogP contribution in [-0.4, -0.2) is 25.6 Å². The van der Waals surface area contributed by atoms with Crippen molar-refractivity contribution in [1.29, 1.82) is 0 Å². The van der Waals surface area contributed by atoms with E-state index in [-0.39, 0.29) is 5.91 Å². The van der Waals surface area contributed by atoms with Gasteiger partial charge >= 0.3 is 0 Å². The molecule has 0 radical (unpaired) electrons. The first-order chi connectivity index (χ1) is 11.6. The molecule has 1 amide bonds. The van der Waals surface area contributed by atoms with E-state index in [0.29, 0.717) is 13.2 Å². The van der Waals surface area contributed by atoms with E-state index in [1.807, 2.05) is 73.3 Å². The first-order valence-electron chi connectivity index (χ1n) is 8.05. The first-order valence-corrected chi connectivity index (χ1v) is 8.05. The van der Waals surface area contributed by atoms with Gasteiger partial charge in [0.05, 0.1) is 6.54 Å². The molecule has 1 N–H and O–H groups in total. The molecule has 0 spiro atoms. The first kappa shape index (κ1) is 17.6. The number of nitrogens with zero attached hydrogens (tertiary/aromatic N) is 1. The van der Waals surface area contributed by atoms with Gasteiger partial charge in [-0.2, -0.15) is 0 Å². The summed E-state index contributed by atoms with van der Waals surface area (Å²) in [7, 11) is 0. The molecule has 4 nitrogen and oxygen atoms in total. The second-order valence-corrected chi connectivity index (χ2v) is 5.67. The molecule has 4 heteroatoms. The number of hydrogen-bond donors (Lipinski definition) is 1. The molecule has 0 heterocycles. The smallest absolute Gasteiger partial charge is 0.243 e. The zero-order valence-electron chi connectivity index (χ0n) is 14.3.